The summed E-state index contributed by atoms with van der Waals surface area (Å²) >= 11 is 7.07. The SMILES string of the molecule is O=C(CCc1ccc(Cl)c(F)c1)NCc1ccc(Oc2nccs2)cc1. The van der Waals surface area contributed by atoms with Gasteiger partial charge in [-0.1, -0.05) is 41.1 Å². The van der Waals surface area contributed by atoms with Crippen LogP contribution in [0.2, 0.25) is 5.02 Å². The van der Waals surface area contributed by atoms with Gasteiger partial charge in [0.2, 0.25) is 5.91 Å². The zero-order valence-corrected chi connectivity index (χ0v) is 15.3. The number of aromatic nitrogens is 1. The Labute approximate surface area is 159 Å². The van der Waals surface area contributed by atoms with Gasteiger partial charge in [-0.15, -0.1) is 0 Å². The molecule has 0 aliphatic rings. The number of nitrogens with zero attached hydrogens (tertiary/aromatic N) is 1. The number of carbonyl (C=O) groups is 1. The zero-order chi connectivity index (χ0) is 18.4. The minimum absolute atomic E-state index is 0.0838. The maximum Gasteiger partial charge on any atom is 0.278 e. The lowest BCUT2D eigenvalue weighted by Gasteiger charge is -2.07. The second-order valence-corrected chi connectivity index (χ2v) is 6.83. The minimum Gasteiger partial charge on any atom is -0.431 e. The summed E-state index contributed by atoms with van der Waals surface area (Å²) in [6.07, 6.45) is 2.43. The number of rotatable bonds is 7. The largest absolute Gasteiger partial charge is 0.431 e. The van der Waals surface area contributed by atoms with E-state index in [4.69, 9.17) is 16.3 Å². The molecule has 0 fully saturated rings. The summed E-state index contributed by atoms with van der Waals surface area (Å²) in [5, 5.41) is 5.37. The van der Waals surface area contributed by atoms with Crippen molar-refractivity contribution in [1.29, 1.82) is 0 Å². The Bertz CT molecular complexity index is 870. The van der Waals surface area contributed by atoms with Crippen LogP contribution >= 0.6 is 22.9 Å². The summed E-state index contributed by atoms with van der Waals surface area (Å²) in [6, 6.07) is 12.0. The van der Waals surface area contributed by atoms with Crippen LogP contribution in [0.4, 0.5) is 4.39 Å². The van der Waals surface area contributed by atoms with Crippen LogP contribution in [0, 0.1) is 5.82 Å². The molecule has 0 aliphatic carbocycles. The van der Waals surface area contributed by atoms with Gasteiger partial charge in [0, 0.05) is 24.5 Å². The molecule has 0 unspecified atom stereocenters. The van der Waals surface area contributed by atoms with E-state index in [-0.39, 0.29) is 17.4 Å². The van der Waals surface area contributed by atoms with E-state index in [9.17, 15) is 9.18 Å². The quantitative estimate of drug-likeness (QED) is 0.619. The number of ether oxygens (including phenoxy) is 1. The molecule has 3 rings (SSSR count). The van der Waals surface area contributed by atoms with Gasteiger partial charge < -0.3 is 10.1 Å². The van der Waals surface area contributed by atoms with Gasteiger partial charge in [0.25, 0.3) is 5.19 Å². The van der Waals surface area contributed by atoms with E-state index in [0.29, 0.717) is 23.9 Å². The minimum atomic E-state index is -0.468. The Morgan fingerprint density at radius 1 is 1.19 bits per heavy atom. The average molecular weight is 391 g/mol. The highest BCUT2D eigenvalue weighted by Gasteiger charge is 2.06. The third kappa shape index (κ3) is 5.28. The highest BCUT2D eigenvalue weighted by Crippen LogP contribution is 2.23. The fourth-order valence-corrected chi connectivity index (χ4v) is 2.90. The van der Waals surface area contributed by atoms with Crippen molar-refractivity contribution in [1.82, 2.24) is 10.3 Å². The lowest BCUT2D eigenvalue weighted by atomic mass is 10.1. The Morgan fingerprint density at radius 2 is 1.96 bits per heavy atom. The number of aryl methyl sites for hydroxylation is 1. The summed E-state index contributed by atoms with van der Waals surface area (Å²) in [7, 11) is 0. The highest BCUT2D eigenvalue weighted by molar-refractivity contribution is 7.11. The summed E-state index contributed by atoms with van der Waals surface area (Å²) in [5.41, 5.74) is 1.70. The molecule has 0 aliphatic heterocycles. The van der Waals surface area contributed by atoms with Gasteiger partial charge in [-0.3, -0.25) is 4.79 Å². The van der Waals surface area contributed by atoms with E-state index >= 15 is 0 Å². The van der Waals surface area contributed by atoms with Gasteiger partial charge in [-0.25, -0.2) is 9.37 Å². The van der Waals surface area contributed by atoms with Crippen molar-refractivity contribution in [2.45, 2.75) is 19.4 Å². The van der Waals surface area contributed by atoms with Gasteiger partial charge in [0.15, 0.2) is 0 Å². The number of carbonyl (C=O) groups excluding carboxylic acids is 1. The van der Waals surface area contributed by atoms with Crippen LogP contribution in [-0.2, 0) is 17.8 Å². The monoisotopic (exact) mass is 390 g/mol. The number of thiazole rings is 1. The number of hydrogen-bond acceptors (Lipinski definition) is 4. The number of hydrogen-bond donors (Lipinski definition) is 1. The van der Waals surface area contributed by atoms with Crippen LogP contribution in [0.25, 0.3) is 0 Å². The summed E-state index contributed by atoms with van der Waals surface area (Å²) < 4.78 is 19.0. The van der Waals surface area contributed by atoms with Crippen LogP contribution in [0.1, 0.15) is 17.5 Å². The lowest BCUT2D eigenvalue weighted by Crippen LogP contribution is -2.22. The van der Waals surface area contributed by atoms with Crippen molar-refractivity contribution in [3.8, 4) is 10.9 Å². The second-order valence-electron chi connectivity index (χ2n) is 5.57. The molecule has 1 aromatic heterocycles. The van der Waals surface area contributed by atoms with Crippen molar-refractivity contribution in [2.24, 2.45) is 0 Å². The fourth-order valence-electron chi connectivity index (χ4n) is 2.28. The summed E-state index contributed by atoms with van der Waals surface area (Å²) in [5.74, 6) is 0.132. The molecule has 2 aromatic carbocycles. The maximum absolute atomic E-state index is 13.4. The Hall–Kier alpha value is -2.44. The molecule has 7 heteroatoms. The highest BCUT2D eigenvalue weighted by atomic mass is 35.5. The number of benzene rings is 2. The lowest BCUT2D eigenvalue weighted by molar-refractivity contribution is -0.121. The number of amides is 1. The third-order valence-corrected chi connectivity index (χ3v) is 4.61. The number of halogens is 2. The molecule has 134 valence electrons. The van der Waals surface area contributed by atoms with Crippen molar-refractivity contribution < 1.29 is 13.9 Å². The van der Waals surface area contributed by atoms with Crippen molar-refractivity contribution >= 4 is 28.8 Å². The van der Waals surface area contributed by atoms with Gasteiger partial charge in [0.05, 0.1) is 5.02 Å². The van der Waals surface area contributed by atoms with Gasteiger partial charge >= 0.3 is 0 Å². The molecule has 1 heterocycles. The van der Waals surface area contributed by atoms with Gasteiger partial charge in [0.1, 0.15) is 11.6 Å². The van der Waals surface area contributed by atoms with Crippen LogP contribution in [-0.4, -0.2) is 10.9 Å². The molecule has 0 saturated heterocycles. The Morgan fingerprint density at radius 3 is 2.65 bits per heavy atom. The van der Waals surface area contributed by atoms with E-state index in [1.807, 2.05) is 29.6 Å². The first kappa shape index (κ1) is 18.4. The van der Waals surface area contributed by atoms with Crippen molar-refractivity contribution in [3.63, 3.8) is 0 Å². The van der Waals surface area contributed by atoms with Crippen molar-refractivity contribution in [2.75, 3.05) is 0 Å². The van der Waals surface area contributed by atoms with E-state index in [0.717, 1.165) is 11.1 Å². The van der Waals surface area contributed by atoms with Crippen LogP contribution in [0.3, 0.4) is 0 Å². The molecule has 0 radical (unpaired) electrons. The van der Waals surface area contributed by atoms with Gasteiger partial charge in [-0.2, -0.15) is 0 Å². The van der Waals surface area contributed by atoms with E-state index in [1.165, 1.54) is 23.5 Å². The fraction of sp³-hybridized carbons (Fsp3) is 0.158. The van der Waals surface area contributed by atoms with Gasteiger partial charge in [-0.05, 0) is 41.8 Å². The van der Waals surface area contributed by atoms with Crippen LogP contribution < -0.4 is 10.1 Å². The molecule has 3 aromatic rings. The molecule has 26 heavy (non-hydrogen) atoms. The normalized spacial score (nSPS) is 10.5. The standard InChI is InChI=1S/C19H16ClFN2O2S/c20-16-7-3-13(11-17(16)21)4-8-18(24)23-12-14-1-5-15(6-2-14)25-19-22-9-10-26-19/h1-3,5-7,9-11H,4,8,12H2,(H,23,24). The van der Waals surface area contributed by atoms with E-state index < -0.39 is 5.82 Å². The average Bonchev–Trinajstić information content (AvgIpc) is 3.15. The predicted molar refractivity (Wildman–Crippen MR) is 100 cm³/mol. The predicted octanol–water partition coefficient (Wildman–Crippen LogP) is 4.98. The molecule has 1 amide bonds. The topological polar surface area (TPSA) is 51.2 Å². The molecule has 0 saturated carbocycles. The molecular formula is C19H16ClFN2O2S. The smallest absolute Gasteiger partial charge is 0.278 e. The molecule has 4 nitrogen and oxygen atoms in total. The summed E-state index contributed by atoms with van der Waals surface area (Å²) in [4.78, 5) is 16.0. The van der Waals surface area contributed by atoms with Crippen LogP contribution in [0.5, 0.6) is 10.9 Å². The first-order valence-electron chi connectivity index (χ1n) is 7.97. The third-order valence-electron chi connectivity index (χ3n) is 3.65. The molecular weight excluding hydrogens is 375 g/mol. The van der Waals surface area contributed by atoms with Crippen LogP contribution in [0.15, 0.2) is 54.0 Å². The first-order chi connectivity index (χ1) is 12.6. The Balaban J connectivity index is 1.44. The van der Waals surface area contributed by atoms with Crippen molar-refractivity contribution in [3.05, 3.63) is 76.0 Å². The summed E-state index contributed by atoms with van der Waals surface area (Å²) in [6.45, 7) is 0.422. The van der Waals surface area contributed by atoms with E-state index in [1.54, 1.807) is 12.3 Å². The molecule has 1 N–H and O–H groups in total. The molecule has 0 bridgehead atoms. The number of nitrogens with one attached hydrogen (secondary N) is 1. The molecule has 0 spiro atoms. The van der Waals surface area contributed by atoms with E-state index in [2.05, 4.69) is 10.3 Å². The molecule has 0 atom stereocenters. The first-order valence-corrected chi connectivity index (χ1v) is 9.23. The maximum atomic E-state index is 13.4. The Kier molecular flexibility index (Phi) is 6.20. The zero-order valence-electron chi connectivity index (χ0n) is 13.7. The second kappa shape index (κ2) is 8.78.